The Bertz CT molecular complexity index is 668. The van der Waals surface area contributed by atoms with Gasteiger partial charge in [-0.1, -0.05) is 72.8 Å². The average Bonchev–Trinajstić information content (AvgIpc) is 2.48. The minimum absolute atomic E-state index is 0.452. The highest BCUT2D eigenvalue weighted by Gasteiger charge is 2.09. The summed E-state index contributed by atoms with van der Waals surface area (Å²) in [6.45, 7) is 0. The predicted molar refractivity (Wildman–Crippen MR) is 79.1 cm³/mol. The molecule has 0 saturated carbocycles. The first-order valence-corrected chi connectivity index (χ1v) is 6.54. The van der Waals surface area contributed by atoms with E-state index < -0.39 is 6.10 Å². The lowest BCUT2D eigenvalue weighted by Gasteiger charge is -2.13. The molecule has 0 spiro atoms. The second-order valence-electron chi connectivity index (χ2n) is 4.77. The Morgan fingerprint density at radius 3 is 2.26 bits per heavy atom. The average molecular weight is 248 g/mol. The third-order valence-electron chi connectivity index (χ3n) is 3.48. The van der Waals surface area contributed by atoms with Crippen LogP contribution in [0.25, 0.3) is 10.8 Å². The summed E-state index contributed by atoms with van der Waals surface area (Å²) in [6.07, 6.45) is 0.192. The Morgan fingerprint density at radius 1 is 0.737 bits per heavy atom. The standard InChI is InChI=1S/C18H16O/c19-18(15-8-2-1-3-9-15)13-16-11-6-10-14-7-4-5-12-17(14)16/h1-12,18-19H,13H2. The van der Waals surface area contributed by atoms with Crippen molar-refractivity contribution in [2.45, 2.75) is 12.5 Å². The van der Waals surface area contributed by atoms with Gasteiger partial charge in [-0.25, -0.2) is 0 Å². The Balaban J connectivity index is 1.94. The molecule has 3 aromatic rings. The number of hydrogen-bond donors (Lipinski definition) is 1. The van der Waals surface area contributed by atoms with Crippen molar-refractivity contribution in [1.82, 2.24) is 0 Å². The van der Waals surface area contributed by atoms with Crippen LogP contribution < -0.4 is 0 Å². The maximum atomic E-state index is 10.3. The first-order valence-electron chi connectivity index (χ1n) is 6.54. The molecule has 0 heterocycles. The molecule has 1 nitrogen and oxygen atoms in total. The zero-order chi connectivity index (χ0) is 13.1. The topological polar surface area (TPSA) is 20.2 Å². The number of fused-ring (bicyclic) bond motifs is 1. The molecule has 0 bridgehead atoms. The molecule has 3 rings (SSSR count). The zero-order valence-electron chi connectivity index (χ0n) is 10.7. The summed E-state index contributed by atoms with van der Waals surface area (Å²) >= 11 is 0. The smallest absolute Gasteiger partial charge is 0.0830 e. The minimum Gasteiger partial charge on any atom is -0.388 e. The van der Waals surface area contributed by atoms with Gasteiger partial charge in [0.15, 0.2) is 0 Å². The summed E-state index contributed by atoms with van der Waals surface area (Å²) in [6, 6.07) is 24.4. The van der Waals surface area contributed by atoms with Gasteiger partial charge in [0.25, 0.3) is 0 Å². The van der Waals surface area contributed by atoms with Crippen molar-refractivity contribution < 1.29 is 5.11 Å². The highest BCUT2D eigenvalue weighted by Crippen LogP contribution is 2.24. The number of rotatable bonds is 3. The third-order valence-corrected chi connectivity index (χ3v) is 3.48. The fourth-order valence-corrected chi connectivity index (χ4v) is 2.47. The molecule has 0 fully saturated rings. The van der Waals surface area contributed by atoms with Crippen LogP contribution in [0.15, 0.2) is 72.8 Å². The van der Waals surface area contributed by atoms with Crippen molar-refractivity contribution in [3.8, 4) is 0 Å². The SMILES string of the molecule is OC(Cc1cccc2ccccc12)c1ccccc1. The lowest BCUT2D eigenvalue weighted by molar-refractivity contribution is 0.179. The van der Waals surface area contributed by atoms with Crippen LogP contribution in [0, 0.1) is 0 Å². The number of hydrogen-bond acceptors (Lipinski definition) is 1. The van der Waals surface area contributed by atoms with Gasteiger partial charge in [-0.3, -0.25) is 0 Å². The monoisotopic (exact) mass is 248 g/mol. The molecule has 0 saturated heterocycles. The first-order chi connectivity index (χ1) is 9.34. The molecule has 0 aliphatic carbocycles. The Hall–Kier alpha value is -2.12. The van der Waals surface area contributed by atoms with Crippen molar-refractivity contribution in [2.75, 3.05) is 0 Å². The fraction of sp³-hybridized carbons (Fsp3) is 0.111. The van der Waals surface area contributed by atoms with E-state index in [0.717, 1.165) is 5.56 Å². The molecule has 0 radical (unpaired) electrons. The molecule has 0 amide bonds. The van der Waals surface area contributed by atoms with Gasteiger partial charge in [0.2, 0.25) is 0 Å². The summed E-state index contributed by atoms with van der Waals surface area (Å²) in [4.78, 5) is 0. The predicted octanol–water partition coefficient (Wildman–Crippen LogP) is 4.12. The Morgan fingerprint density at radius 2 is 1.42 bits per heavy atom. The van der Waals surface area contributed by atoms with E-state index >= 15 is 0 Å². The van der Waals surface area contributed by atoms with Gasteiger partial charge in [0.1, 0.15) is 0 Å². The zero-order valence-corrected chi connectivity index (χ0v) is 10.7. The van der Waals surface area contributed by atoms with Crippen LogP contribution in [0.1, 0.15) is 17.2 Å². The van der Waals surface area contributed by atoms with Crippen molar-refractivity contribution in [3.63, 3.8) is 0 Å². The minimum atomic E-state index is -0.452. The van der Waals surface area contributed by atoms with Crippen LogP contribution in [0.5, 0.6) is 0 Å². The number of aliphatic hydroxyl groups excluding tert-OH is 1. The lowest BCUT2D eigenvalue weighted by atomic mass is 9.97. The number of benzene rings is 3. The van der Waals surface area contributed by atoms with Gasteiger partial charge >= 0.3 is 0 Å². The van der Waals surface area contributed by atoms with E-state index in [0.29, 0.717) is 6.42 Å². The highest BCUT2D eigenvalue weighted by molar-refractivity contribution is 5.85. The van der Waals surface area contributed by atoms with Gasteiger partial charge in [-0.15, -0.1) is 0 Å². The van der Waals surface area contributed by atoms with Crippen LogP contribution in [0.4, 0.5) is 0 Å². The van der Waals surface area contributed by atoms with Crippen molar-refractivity contribution in [3.05, 3.63) is 83.9 Å². The quantitative estimate of drug-likeness (QED) is 0.739. The van der Waals surface area contributed by atoms with E-state index in [2.05, 4.69) is 30.3 Å². The summed E-state index contributed by atoms with van der Waals surface area (Å²) in [5.41, 5.74) is 2.16. The first kappa shape index (κ1) is 11.9. The molecule has 1 unspecified atom stereocenters. The molecule has 3 aromatic carbocycles. The Labute approximate surface area is 113 Å². The summed E-state index contributed by atoms with van der Waals surface area (Å²) < 4.78 is 0. The van der Waals surface area contributed by atoms with Crippen molar-refractivity contribution in [2.24, 2.45) is 0 Å². The van der Waals surface area contributed by atoms with E-state index in [4.69, 9.17) is 0 Å². The Kier molecular flexibility index (Phi) is 3.30. The molecular weight excluding hydrogens is 232 g/mol. The highest BCUT2D eigenvalue weighted by atomic mass is 16.3. The van der Waals surface area contributed by atoms with Gasteiger partial charge < -0.3 is 5.11 Å². The van der Waals surface area contributed by atoms with Crippen LogP contribution in [0.2, 0.25) is 0 Å². The van der Waals surface area contributed by atoms with Crippen LogP contribution in [-0.2, 0) is 6.42 Å². The maximum absolute atomic E-state index is 10.3. The van der Waals surface area contributed by atoms with Crippen LogP contribution >= 0.6 is 0 Å². The molecule has 1 atom stereocenters. The second-order valence-corrected chi connectivity index (χ2v) is 4.77. The van der Waals surface area contributed by atoms with Crippen molar-refractivity contribution in [1.29, 1.82) is 0 Å². The summed E-state index contributed by atoms with van der Waals surface area (Å²) in [5, 5.41) is 12.8. The molecule has 19 heavy (non-hydrogen) atoms. The van der Waals surface area contributed by atoms with Gasteiger partial charge in [0, 0.05) is 6.42 Å². The van der Waals surface area contributed by atoms with Gasteiger partial charge in [-0.2, -0.15) is 0 Å². The molecule has 1 heteroatoms. The van der Waals surface area contributed by atoms with Gasteiger partial charge in [0.05, 0.1) is 6.10 Å². The van der Waals surface area contributed by atoms with E-state index in [1.807, 2.05) is 42.5 Å². The maximum Gasteiger partial charge on any atom is 0.0830 e. The van der Waals surface area contributed by atoms with E-state index in [-0.39, 0.29) is 0 Å². The van der Waals surface area contributed by atoms with Crippen molar-refractivity contribution >= 4 is 10.8 Å². The van der Waals surface area contributed by atoms with E-state index in [9.17, 15) is 5.11 Å². The second kappa shape index (κ2) is 5.25. The molecule has 0 aliphatic heterocycles. The molecule has 0 aliphatic rings. The molecule has 0 aromatic heterocycles. The lowest BCUT2D eigenvalue weighted by Crippen LogP contribution is -2.01. The normalized spacial score (nSPS) is 12.5. The fourth-order valence-electron chi connectivity index (χ4n) is 2.47. The molecule has 1 N–H and O–H groups in total. The largest absolute Gasteiger partial charge is 0.388 e. The molecule has 94 valence electrons. The van der Waals surface area contributed by atoms with Crippen LogP contribution in [0.3, 0.4) is 0 Å². The van der Waals surface area contributed by atoms with Crippen LogP contribution in [-0.4, -0.2) is 5.11 Å². The van der Waals surface area contributed by atoms with E-state index in [1.165, 1.54) is 16.3 Å². The van der Waals surface area contributed by atoms with Gasteiger partial charge in [-0.05, 0) is 21.9 Å². The number of aliphatic hydroxyl groups is 1. The third kappa shape index (κ3) is 2.51. The summed E-state index contributed by atoms with van der Waals surface area (Å²) in [5.74, 6) is 0. The summed E-state index contributed by atoms with van der Waals surface area (Å²) in [7, 11) is 0. The van der Waals surface area contributed by atoms with E-state index in [1.54, 1.807) is 0 Å². The molecular formula is C18H16O.